The molecule has 34 heavy (non-hydrogen) atoms. The number of hydrogen-bond donors (Lipinski definition) is 1. The third kappa shape index (κ3) is 10.4. The molecule has 0 aliphatic carbocycles. The molecule has 1 rings (SSSR count). The van der Waals surface area contributed by atoms with E-state index in [0.717, 1.165) is 42.6 Å². The van der Waals surface area contributed by atoms with Crippen molar-refractivity contribution in [1.82, 2.24) is 4.90 Å². The lowest BCUT2D eigenvalue weighted by atomic mass is 9.78. The highest BCUT2D eigenvalue weighted by atomic mass is 16.3. The van der Waals surface area contributed by atoms with Gasteiger partial charge in [0.2, 0.25) is 0 Å². The summed E-state index contributed by atoms with van der Waals surface area (Å²) in [5, 5.41) is 11.1. The van der Waals surface area contributed by atoms with Gasteiger partial charge in [0.15, 0.2) is 0 Å². The molecule has 0 aromatic heterocycles. The first kappa shape index (κ1) is 30.5. The van der Waals surface area contributed by atoms with Crippen molar-refractivity contribution in [3.8, 4) is 5.75 Å². The molecule has 0 fully saturated rings. The highest BCUT2D eigenvalue weighted by Gasteiger charge is 2.28. The molecule has 1 aromatic carbocycles. The van der Waals surface area contributed by atoms with Gasteiger partial charge in [-0.15, -0.1) is 0 Å². The van der Waals surface area contributed by atoms with Crippen LogP contribution in [0.4, 0.5) is 0 Å². The second-order valence-corrected chi connectivity index (χ2v) is 12.2. The quantitative estimate of drug-likeness (QED) is 0.258. The fourth-order valence-corrected chi connectivity index (χ4v) is 4.56. The van der Waals surface area contributed by atoms with Crippen molar-refractivity contribution < 1.29 is 9.90 Å². The minimum absolute atomic E-state index is 0.123. The first-order valence-corrected chi connectivity index (χ1v) is 14.1. The van der Waals surface area contributed by atoms with Gasteiger partial charge in [0.25, 0.3) is 5.91 Å². The molecule has 0 spiro atoms. The highest BCUT2D eigenvalue weighted by Crippen LogP contribution is 2.40. The number of hydrogen-bond acceptors (Lipinski definition) is 2. The smallest absolute Gasteiger partial charge is 0.253 e. The molecule has 0 aliphatic rings. The Kier molecular flexibility index (Phi) is 13.3. The summed E-state index contributed by atoms with van der Waals surface area (Å²) < 4.78 is 0. The molecule has 0 bridgehead atoms. The number of amides is 1. The van der Waals surface area contributed by atoms with E-state index in [2.05, 4.69) is 60.3 Å². The predicted octanol–water partition coefficient (Wildman–Crippen LogP) is 9.15. The van der Waals surface area contributed by atoms with Gasteiger partial charge in [0.05, 0.1) is 0 Å². The average Bonchev–Trinajstić information content (AvgIpc) is 2.75. The summed E-state index contributed by atoms with van der Waals surface area (Å²) in [5.41, 5.74) is 1.99. The van der Waals surface area contributed by atoms with Crippen molar-refractivity contribution >= 4 is 5.91 Å². The Bertz CT molecular complexity index is 673. The van der Waals surface area contributed by atoms with Crippen molar-refractivity contribution in [2.75, 3.05) is 13.1 Å². The maximum Gasteiger partial charge on any atom is 0.253 e. The minimum Gasteiger partial charge on any atom is -0.507 e. The third-order valence-electron chi connectivity index (χ3n) is 6.82. The van der Waals surface area contributed by atoms with Gasteiger partial charge in [-0.3, -0.25) is 4.79 Å². The number of carbonyl (C=O) groups is 1. The van der Waals surface area contributed by atoms with E-state index in [0.29, 0.717) is 5.75 Å². The van der Waals surface area contributed by atoms with Crippen molar-refractivity contribution in [1.29, 1.82) is 0 Å². The SMILES string of the molecule is CCCCCCCCN(CCCCCCCC)C(=O)c1cc(C(C)(C)C)c(O)c(C(C)(C)C)c1. The van der Waals surface area contributed by atoms with Gasteiger partial charge >= 0.3 is 0 Å². The molecule has 3 heteroatoms. The Balaban J connectivity index is 3.08. The normalized spacial score (nSPS) is 12.2. The second kappa shape index (κ2) is 14.8. The van der Waals surface area contributed by atoms with Crippen LogP contribution in [0.15, 0.2) is 12.1 Å². The van der Waals surface area contributed by atoms with Crippen LogP contribution in [0.1, 0.15) is 154 Å². The molecule has 1 amide bonds. The maximum absolute atomic E-state index is 13.8. The van der Waals surface area contributed by atoms with E-state index in [1.807, 2.05) is 12.1 Å². The molecular weight excluding hydrogens is 418 g/mol. The largest absolute Gasteiger partial charge is 0.507 e. The maximum atomic E-state index is 13.8. The molecule has 0 saturated carbocycles. The standard InChI is InChI=1S/C31H55NO2/c1-9-11-13-15-17-19-21-32(22-20-18-16-14-12-10-2)29(34)25-23-26(30(3,4)5)28(33)27(24-25)31(6,7)8/h23-24,33H,9-22H2,1-8H3. The Morgan fingerprint density at radius 3 is 1.38 bits per heavy atom. The summed E-state index contributed by atoms with van der Waals surface area (Å²) in [6.45, 7) is 18.8. The van der Waals surface area contributed by atoms with Crippen LogP contribution in [-0.4, -0.2) is 29.0 Å². The summed E-state index contributed by atoms with van der Waals surface area (Å²) >= 11 is 0. The summed E-state index contributed by atoms with van der Waals surface area (Å²) in [4.78, 5) is 15.9. The van der Waals surface area contributed by atoms with Crippen molar-refractivity contribution in [3.63, 3.8) is 0 Å². The number of rotatable bonds is 15. The number of benzene rings is 1. The molecule has 0 atom stereocenters. The number of phenolic OH excluding ortho intramolecular Hbond substituents is 1. The molecule has 0 radical (unpaired) electrons. The fourth-order valence-electron chi connectivity index (χ4n) is 4.56. The van der Waals surface area contributed by atoms with Gasteiger partial charge in [-0.2, -0.15) is 0 Å². The summed E-state index contributed by atoms with van der Waals surface area (Å²) in [5.74, 6) is 0.466. The van der Waals surface area contributed by atoms with Gasteiger partial charge in [0.1, 0.15) is 5.75 Å². The van der Waals surface area contributed by atoms with Crippen molar-refractivity contribution in [2.45, 2.75) is 143 Å². The topological polar surface area (TPSA) is 40.5 Å². The van der Waals surface area contributed by atoms with Gasteiger partial charge in [0, 0.05) is 29.8 Å². The number of carbonyl (C=O) groups excluding carboxylic acids is 1. The zero-order chi connectivity index (χ0) is 25.8. The van der Waals surface area contributed by atoms with Crippen LogP contribution < -0.4 is 0 Å². The van der Waals surface area contributed by atoms with Crippen molar-refractivity contribution in [3.05, 3.63) is 28.8 Å². The first-order valence-electron chi connectivity index (χ1n) is 14.1. The monoisotopic (exact) mass is 473 g/mol. The van der Waals surface area contributed by atoms with Gasteiger partial charge in [-0.1, -0.05) is 120 Å². The van der Waals surface area contributed by atoms with Crippen LogP contribution in [0, 0.1) is 0 Å². The van der Waals surface area contributed by atoms with Crippen LogP contribution in [0.3, 0.4) is 0 Å². The van der Waals surface area contributed by atoms with Crippen molar-refractivity contribution in [2.24, 2.45) is 0 Å². The number of aromatic hydroxyl groups is 1. The van der Waals surface area contributed by atoms with E-state index in [1.54, 1.807) is 0 Å². The van der Waals surface area contributed by atoms with Crippen LogP contribution in [0.2, 0.25) is 0 Å². The van der Waals surface area contributed by atoms with Crippen LogP contribution in [0.25, 0.3) is 0 Å². The lowest BCUT2D eigenvalue weighted by Crippen LogP contribution is -2.33. The van der Waals surface area contributed by atoms with E-state index in [-0.39, 0.29) is 16.7 Å². The second-order valence-electron chi connectivity index (χ2n) is 12.2. The third-order valence-corrected chi connectivity index (χ3v) is 6.82. The average molecular weight is 474 g/mol. The molecule has 0 aliphatic heterocycles. The number of nitrogens with zero attached hydrogens (tertiary/aromatic N) is 1. The van der Waals surface area contributed by atoms with Crippen LogP contribution >= 0.6 is 0 Å². The summed E-state index contributed by atoms with van der Waals surface area (Å²) in [7, 11) is 0. The van der Waals surface area contributed by atoms with E-state index >= 15 is 0 Å². The Morgan fingerprint density at radius 1 is 0.676 bits per heavy atom. The van der Waals surface area contributed by atoms with E-state index in [9.17, 15) is 9.90 Å². The molecule has 1 aromatic rings. The Labute approximate surface area is 211 Å². The molecule has 1 N–H and O–H groups in total. The van der Waals surface area contributed by atoms with Gasteiger partial charge < -0.3 is 10.0 Å². The minimum atomic E-state index is -0.232. The molecule has 196 valence electrons. The zero-order valence-electron chi connectivity index (χ0n) is 23.9. The Hall–Kier alpha value is -1.51. The lowest BCUT2D eigenvalue weighted by Gasteiger charge is -2.29. The number of phenols is 1. The fraction of sp³-hybridized carbons (Fsp3) is 0.774. The Morgan fingerprint density at radius 2 is 1.03 bits per heavy atom. The van der Waals surface area contributed by atoms with Crippen LogP contribution in [-0.2, 0) is 10.8 Å². The van der Waals surface area contributed by atoms with Gasteiger partial charge in [-0.25, -0.2) is 0 Å². The predicted molar refractivity (Wildman–Crippen MR) is 148 cm³/mol. The zero-order valence-corrected chi connectivity index (χ0v) is 23.9. The summed E-state index contributed by atoms with van der Waals surface area (Å²) in [6, 6.07) is 3.89. The molecule has 0 heterocycles. The van der Waals surface area contributed by atoms with E-state index in [4.69, 9.17) is 0 Å². The lowest BCUT2D eigenvalue weighted by molar-refractivity contribution is 0.0749. The molecular formula is C31H55NO2. The van der Waals surface area contributed by atoms with E-state index < -0.39 is 0 Å². The highest BCUT2D eigenvalue weighted by molar-refractivity contribution is 5.95. The first-order chi connectivity index (χ1) is 15.9. The number of unbranched alkanes of at least 4 members (excludes halogenated alkanes) is 10. The van der Waals surface area contributed by atoms with Gasteiger partial charge in [-0.05, 0) is 35.8 Å². The summed E-state index contributed by atoms with van der Waals surface area (Å²) in [6.07, 6.45) is 14.8. The molecule has 0 unspecified atom stereocenters. The van der Waals surface area contributed by atoms with E-state index in [1.165, 1.54) is 64.2 Å². The molecule has 3 nitrogen and oxygen atoms in total. The molecule has 0 saturated heterocycles. The van der Waals surface area contributed by atoms with Crippen LogP contribution in [0.5, 0.6) is 5.75 Å².